The molecular formula is C13H17NO3. The van der Waals surface area contributed by atoms with Crippen molar-refractivity contribution in [1.29, 1.82) is 0 Å². The second-order valence-corrected chi connectivity index (χ2v) is 4.46. The molecule has 4 heteroatoms. The van der Waals surface area contributed by atoms with Gasteiger partial charge in [0.1, 0.15) is 5.75 Å². The molecule has 1 saturated heterocycles. The summed E-state index contributed by atoms with van der Waals surface area (Å²) in [7, 11) is 0. The van der Waals surface area contributed by atoms with Crippen molar-refractivity contribution in [3.05, 3.63) is 29.8 Å². The van der Waals surface area contributed by atoms with Gasteiger partial charge in [-0.25, -0.2) is 0 Å². The van der Waals surface area contributed by atoms with Crippen molar-refractivity contribution in [3.8, 4) is 5.75 Å². The largest absolute Gasteiger partial charge is 0.508 e. The Hall–Kier alpha value is -1.55. The molecule has 1 fully saturated rings. The number of amides is 1. The zero-order chi connectivity index (χ0) is 12.3. The van der Waals surface area contributed by atoms with E-state index in [1.807, 2.05) is 13.0 Å². The quantitative estimate of drug-likeness (QED) is 0.833. The standard InChI is InChI=1S/C13H17NO3/c1-9-5-11(8-17-9)13(16)14-7-10-3-2-4-12(15)6-10/h2-4,6,9,11,15H,5,7-8H2,1H3,(H,14,16). The van der Waals surface area contributed by atoms with Gasteiger partial charge >= 0.3 is 0 Å². The third-order valence-electron chi connectivity index (χ3n) is 2.95. The van der Waals surface area contributed by atoms with Crippen molar-refractivity contribution in [3.63, 3.8) is 0 Å². The van der Waals surface area contributed by atoms with E-state index in [0.29, 0.717) is 13.2 Å². The average molecular weight is 235 g/mol. The topological polar surface area (TPSA) is 58.6 Å². The van der Waals surface area contributed by atoms with E-state index in [2.05, 4.69) is 5.32 Å². The van der Waals surface area contributed by atoms with Gasteiger partial charge in [-0.2, -0.15) is 0 Å². The van der Waals surface area contributed by atoms with Crippen LogP contribution in [0.2, 0.25) is 0 Å². The van der Waals surface area contributed by atoms with Gasteiger partial charge in [0.15, 0.2) is 0 Å². The molecule has 0 aromatic heterocycles. The molecule has 2 atom stereocenters. The second kappa shape index (κ2) is 5.19. The Kier molecular flexibility index (Phi) is 3.64. The Bertz CT molecular complexity index is 405. The Balaban J connectivity index is 1.84. The molecule has 1 aromatic rings. The number of carbonyl (C=O) groups excluding carboxylic acids is 1. The maximum Gasteiger partial charge on any atom is 0.225 e. The number of nitrogens with one attached hydrogen (secondary N) is 1. The van der Waals surface area contributed by atoms with E-state index in [-0.39, 0.29) is 23.7 Å². The van der Waals surface area contributed by atoms with Crippen molar-refractivity contribution < 1.29 is 14.6 Å². The number of hydrogen-bond donors (Lipinski definition) is 2. The number of ether oxygens (including phenoxy) is 1. The molecule has 0 aliphatic carbocycles. The summed E-state index contributed by atoms with van der Waals surface area (Å²) in [4.78, 5) is 11.8. The minimum absolute atomic E-state index is 0.0256. The smallest absolute Gasteiger partial charge is 0.225 e. The van der Waals surface area contributed by atoms with Gasteiger partial charge in [0.2, 0.25) is 5.91 Å². The molecule has 17 heavy (non-hydrogen) atoms. The molecule has 1 aliphatic heterocycles. The predicted octanol–water partition coefficient (Wildman–Crippen LogP) is 1.43. The van der Waals surface area contributed by atoms with Crippen LogP contribution in [0.3, 0.4) is 0 Å². The third kappa shape index (κ3) is 3.20. The van der Waals surface area contributed by atoms with Crippen LogP contribution >= 0.6 is 0 Å². The normalized spacial score (nSPS) is 23.6. The summed E-state index contributed by atoms with van der Waals surface area (Å²) in [5.41, 5.74) is 0.894. The van der Waals surface area contributed by atoms with Gasteiger partial charge < -0.3 is 15.2 Å². The van der Waals surface area contributed by atoms with Crippen molar-refractivity contribution in [2.24, 2.45) is 5.92 Å². The molecule has 0 saturated carbocycles. The van der Waals surface area contributed by atoms with Crippen LogP contribution in [-0.4, -0.2) is 23.7 Å². The van der Waals surface area contributed by atoms with E-state index in [4.69, 9.17) is 4.74 Å². The SMILES string of the molecule is CC1CC(C(=O)NCc2cccc(O)c2)CO1. The summed E-state index contributed by atoms with van der Waals surface area (Å²) in [6, 6.07) is 6.89. The Morgan fingerprint density at radius 3 is 3.06 bits per heavy atom. The van der Waals surface area contributed by atoms with E-state index in [1.165, 1.54) is 0 Å². The fraction of sp³-hybridized carbons (Fsp3) is 0.462. The van der Waals surface area contributed by atoms with Crippen molar-refractivity contribution in [2.75, 3.05) is 6.61 Å². The van der Waals surface area contributed by atoms with E-state index in [9.17, 15) is 9.90 Å². The minimum atomic E-state index is -0.0395. The van der Waals surface area contributed by atoms with Crippen LogP contribution in [-0.2, 0) is 16.1 Å². The zero-order valence-electron chi connectivity index (χ0n) is 9.85. The lowest BCUT2D eigenvalue weighted by Gasteiger charge is -2.09. The molecule has 1 aliphatic rings. The van der Waals surface area contributed by atoms with Gasteiger partial charge in [-0.1, -0.05) is 12.1 Å². The monoisotopic (exact) mass is 235 g/mol. The number of carbonyl (C=O) groups is 1. The second-order valence-electron chi connectivity index (χ2n) is 4.46. The molecule has 2 unspecified atom stereocenters. The van der Waals surface area contributed by atoms with Crippen LogP contribution in [0.4, 0.5) is 0 Å². The van der Waals surface area contributed by atoms with Crippen LogP contribution < -0.4 is 5.32 Å². The van der Waals surface area contributed by atoms with Gasteiger partial charge in [0, 0.05) is 6.54 Å². The molecule has 92 valence electrons. The lowest BCUT2D eigenvalue weighted by molar-refractivity contribution is -0.125. The van der Waals surface area contributed by atoms with E-state index in [0.717, 1.165) is 12.0 Å². The highest BCUT2D eigenvalue weighted by Crippen LogP contribution is 2.19. The molecule has 0 bridgehead atoms. The van der Waals surface area contributed by atoms with Crippen molar-refractivity contribution in [2.45, 2.75) is 26.0 Å². The number of phenolic OH excluding ortho intramolecular Hbond substituents is 1. The lowest BCUT2D eigenvalue weighted by atomic mass is 10.1. The Morgan fingerprint density at radius 2 is 2.41 bits per heavy atom. The number of rotatable bonds is 3. The zero-order valence-corrected chi connectivity index (χ0v) is 9.85. The highest BCUT2D eigenvalue weighted by molar-refractivity contribution is 5.79. The molecule has 1 heterocycles. The van der Waals surface area contributed by atoms with Gasteiger partial charge in [-0.3, -0.25) is 4.79 Å². The lowest BCUT2D eigenvalue weighted by Crippen LogP contribution is -2.30. The van der Waals surface area contributed by atoms with Crippen LogP contribution in [0.25, 0.3) is 0 Å². The molecule has 1 aromatic carbocycles. The molecule has 4 nitrogen and oxygen atoms in total. The van der Waals surface area contributed by atoms with E-state index >= 15 is 0 Å². The maximum atomic E-state index is 11.8. The van der Waals surface area contributed by atoms with Crippen LogP contribution in [0.5, 0.6) is 5.75 Å². The van der Waals surface area contributed by atoms with Crippen LogP contribution in [0.15, 0.2) is 24.3 Å². The highest BCUT2D eigenvalue weighted by atomic mass is 16.5. The number of hydrogen-bond acceptors (Lipinski definition) is 3. The Morgan fingerprint density at radius 1 is 1.59 bits per heavy atom. The Labute approximate surface area is 101 Å². The fourth-order valence-corrected chi connectivity index (χ4v) is 2.00. The summed E-state index contributed by atoms with van der Waals surface area (Å²) >= 11 is 0. The van der Waals surface area contributed by atoms with E-state index < -0.39 is 0 Å². The summed E-state index contributed by atoms with van der Waals surface area (Å²) in [5.74, 6) is 0.203. The summed E-state index contributed by atoms with van der Waals surface area (Å²) in [6.45, 7) is 2.92. The number of aromatic hydroxyl groups is 1. The molecule has 0 spiro atoms. The first kappa shape index (κ1) is 11.9. The first-order valence-corrected chi connectivity index (χ1v) is 5.82. The van der Waals surface area contributed by atoms with Crippen LogP contribution in [0.1, 0.15) is 18.9 Å². The van der Waals surface area contributed by atoms with Gasteiger partial charge in [-0.05, 0) is 31.0 Å². The average Bonchev–Trinajstić information content (AvgIpc) is 2.73. The van der Waals surface area contributed by atoms with Gasteiger partial charge in [-0.15, -0.1) is 0 Å². The van der Waals surface area contributed by atoms with Gasteiger partial charge in [0.25, 0.3) is 0 Å². The first-order valence-electron chi connectivity index (χ1n) is 5.82. The summed E-state index contributed by atoms with van der Waals surface area (Å²) < 4.78 is 5.36. The molecule has 0 radical (unpaired) electrons. The third-order valence-corrected chi connectivity index (χ3v) is 2.95. The minimum Gasteiger partial charge on any atom is -0.508 e. The maximum absolute atomic E-state index is 11.8. The van der Waals surface area contributed by atoms with Gasteiger partial charge in [0.05, 0.1) is 18.6 Å². The van der Waals surface area contributed by atoms with E-state index in [1.54, 1.807) is 18.2 Å². The van der Waals surface area contributed by atoms with Crippen molar-refractivity contribution >= 4 is 5.91 Å². The summed E-state index contributed by atoms with van der Waals surface area (Å²) in [6.07, 6.45) is 0.956. The van der Waals surface area contributed by atoms with Crippen LogP contribution in [0, 0.1) is 5.92 Å². The predicted molar refractivity (Wildman–Crippen MR) is 63.5 cm³/mol. The number of benzene rings is 1. The molecule has 2 rings (SSSR count). The number of phenols is 1. The first-order chi connectivity index (χ1) is 8.15. The molecule has 1 amide bonds. The fourth-order valence-electron chi connectivity index (χ4n) is 2.00. The highest BCUT2D eigenvalue weighted by Gasteiger charge is 2.27. The molecular weight excluding hydrogens is 218 g/mol. The molecule has 2 N–H and O–H groups in total. The van der Waals surface area contributed by atoms with Crippen molar-refractivity contribution in [1.82, 2.24) is 5.32 Å². The summed E-state index contributed by atoms with van der Waals surface area (Å²) in [5, 5.41) is 12.2.